The minimum atomic E-state index is 0.708. The third-order valence-electron chi connectivity index (χ3n) is 1.56. The highest BCUT2D eigenvalue weighted by atomic mass is 16.5. The van der Waals surface area contributed by atoms with Gasteiger partial charge in [-0.1, -0.05) is 27.7 Å². The van der Waals surface area contributed by atoms with Crippen molar-refractivity contribution in [2.75, 3.05) is 0 Å². The van der Waals surface area contributed by atoms with Crippen LogP contribution >= 0.6 is 0 Å². The summed E-state index contributed by atoms with van der Waals surface area (Å²) in [6.45, 7) is 8.77. The van der Waals surface area contributed by atoms with E-state index < -0.39 is 0 Å². The molecule has 0 N–H and O–H groups in total. The Balaban J connectivity index is 3.33. The summed E-state index contributed by atoms with van der Waals surface area (Å²) < 4.78 is 5.17. The zero-order valence-electron chi connectivity index (χ0n) is 9.29. The third kappa shape index (κ3) is 11.3. The zero-order valence-corrected chi connectivity index (χ0v) is 9.29. The molecule has 0 rings (SSSR count). The monoisotopic (exact) mass is 182 g/mol. The van der Waals surface area contributed by atoms with Crippen molar-refractivity contribution in [2.45, 2.75) is 40.5 Å². The van der Waals surface area contributed by atoms with Gasteiger partial charge in [0.05, 0.1) is 12.5 Å². The second-order valence-electron chi connectivity index (χ2n) is 4.14. The molecule has 0 bridgehead atoms. The van der Waals surface area contributed by atoms with Crippen LogP contribution in [-0.2, 0) is 4.74 Å². The maximum atomic E-state index is 5.17. The van der Waals surface area contributed by atoms with E-state index in [1.165, 1.54) is 0 Å². The molecule has 0 unspecified atom stereocenters. The van der Waals surface area contributed by atoms with Crippen LogP contribution < -0.4 is 0 Å². The van der Waals surface area contributed by atoms with Gasteiger partial charge in [-0.2, -0.15) is 0 Å². The molecule has 0 heterocycles. The fraction of sp³-hybridized carbons (Fsp3) is 0.667. The van der Waals surface area contributed by atoms with Gasteiger partial charge < -0.3 is 4.74 Å². The molecule has 0 saturated carbocycles. The Labute approximate surface area is 82.5 Å². The van der Waals surface area contributed by atoms with Gasteiger partial charge in [0.15, 0.2) is 0 Å². The lowest BCUT2D eigenvalue weighted by Crippen LogP contribution is -1.82. The van der Waals surface area contributed by atoms with E-state index in [1.54, 1.807) is 12.5 Å². The predicted octanol–water partition coefficient (Wildman–Crippen LogP) is 4.12. The van der Waals surface area contributed by atoms with Crippen LogP contribution in [0.5, 0.6) is 0 Å². The minimum absolute atomic E-state index is 0.708. The summed E-state index contributed by atoms with van der Waals surface area (Å²) in [5.41, 5.74) is 0. The van der Waals surface area contributed by atoms with Crippen LogP contribution in [0.1, 0.15) is 40.5 Å². The summed E-state index contributed by atoms with van der Waals surface area (Å²) in [5.74, 6) is 1.42. The smallest absolute Gasteiger partial charge is 0.0861 e. The number of hydrogen-bond donors (Lipinski definition) is 0. The van der Waals surface area contributed by atoms with E-state index in [-0.39, 0.29) is 0 Å². The lowest BCUT2D eigenvalue weighted by Gasteiger charge is -1.97. The Kier molecular flexibility index (Phi) is 7.47. The fourth-order valence-electron chi connectivity index (χ4n) is 0.812. The molecule has 0 fully saturated rings. The molecule has 0 amide bonds. The number of rotatable bonds is 6. The SMILES string of the molecule is CC(C)CC=COC=CCC(C)C. The van der Waals surface area contributed by atoms with E-state index in [1.807, 2.05) is 0 Å². The average Bonchev–Trinajstić information content (AvgIpc) is 2.01. The standard InChI is InChI=1S/C12H22O/c1-11(2)7-5-9-13-10-6-8-12(3)4/h5-6,9-12H,7-8H2,1-4H3. The Morgan fingerprint density at radius 1 is 0.846 bits per heavy atom. The summed E-state index contributed by atoms with van der Waals surface area (Å²) in [7, 11) is 0. The van der Waals surface area contributed by atoms with E-state index in [4.69, 9.17) is 4.74 Å². The second kappa shape index (κ2) is 7.90. The van der Waals surface area contributed by atoms with Crippen molar-refractivity contribution >= 4 is 0 Å². The van der Waals surface area contributed by atoms with E-state index in [0.717, 1.165) is 12.8 Å². The molecule has 0 aromatic carbocycles. The van der Waals surface area contributed by atoms with Gasteiger partial charge in [-0.25, -0.2) is 0 Å². The average molecular weight is 182 g/mol. The Morgan fingerprint density at radius 3 is 1.54 bits per heavy atom. The highest BCUT2D eigenvalue weighted by Gasteiger charge is 1.87. The van der Waals surface area contributed by atoms with Gasteiger partial charge in [-0.05, 0) is 36.8 Å². The first-order valence-electron chi connectivity index (χ1n) is 5.08. The quantitative estimate of drug-likeness (QED) is 0.561. The highest BCUT2D eigenvalue weighted by Crippen LogP contribution is 2.01. The lowest BCUT2D eigenvalue weighted by molar-refractivity contribution is 0.395. The van der Waals surface area contributed by atoms with Crippen LogP contribution in [0.15, 0.2) is 24.7 Å². The number of allylic oxidation sites excluding steroid dienone is 2. The van der Waals surface area contributed by atoms with Gasteiger partial charge in [0.25, 0.3) is 0 Å². The van der Waals surface area contributed by atoms with E-state index >= 15 is 0 Å². The highest BCUT2D eigenvalue weighted by molar-refractivity contribution is 4.80. The molecule has 13 heavy (non-hydrogen) atoms. The van der Waals surface area contributed by atoms with Crippen LogP contribution in [0.2, 0.25) is 0 Å². The van der Waals surface area contributed by atoms with Crippen molar-refractivity contribution in [3.63, 3.8) is 0 Å². The second-order valence-corrected chi connectivity index (χ2v) is 4.14. The molecule has 0 aromatic rings. The van der Waals surface area contributed by atoms with E-state index in [2.05, 4.69) is 39.8 Å². The van der Waals surface area contributed by atoms with Crippen LogP contribution in [-0.4, -0.2) is 0 Å². The molecule has 0 aliphatic rings. The maximum Gasteiger partial charge on any atom is 0.0861 e. The summed E-state index contributed by atoms with van der Waals surface area (Å²) in [4.78, 5) is 0. The van der Waals surface area contributed by atoms with Crippen molar-refractivity contribution in [2.24, 2.45) is 11.8 Å². The van der Waals surface area contributed by atoms with Crippen molar-refractivity contribution in [1.82, 2.24) is 0 Å². The molecule has 0 saturated heterocycles. The predicted molar refractivity (Wildman–Crippen MR) is 58.3 cm³/mol. The molecule has 0 spiro atoms. The normalized spacial score (nSPS) is 12.5. The summed E-state index contributed by atoms with van der Waals surface area (Å²) >= 11 is 0. The molecular weight excluding hydrogens is 160 g/mol. The molecule has 1 nitrogen and oxygen atoms in total. The van der Waals surface area contributed by atoms with Crippen molar-refractivity contribution in [3.05, 3.63) is 24.7 Å². The molecule has 76 valence electrons. The first kappa shape index (κ1) is 12.3. The first-order valence-corrected chi connectivity index (χ1v) is 5.08. The van der Waals surface area contributed by atoms with Gasteiger partial charge in [0, 0.05) is 0 Å². The Hall–Kier alpha value is -0.720. The molecular formula is C12H22O. The van der Waals surface area contributed by atoms with E-state index in [0.29, 0.717) is 11.8 Å². The number of ether oxygens (including phenoxy) is 1. The first-order chi connectivity index (χ1) is 6.13. The topological polar surface area (TPSA) is 9.23 Å². The minimum Gasteiger partial charge on any atom is -0.473 e. The van der Waals surface area contributed by atoms with Gasteiger partial charge >= 0.3 is 0 Å². The van der Waals surface area contributed by atoms with Crippen LogP contribution in [0, 0.1) is 11.8 Å². The van der Waals surface area contributed by atoms with Crippen LogP contribution in [0.3, 0.4) is 0 Å². The summed E-state index contributed by atoms with van der Waals surface area (Å²) in [5, 5.41) is 0. The molecule has 0 atom stereocenters. The lowest BCUT2D eigenvalue weighted by atomic mass is 10.1. The largest absolute Gasteiger partial charge is 0.473 e. The van der Waals surface area contributed by atoms with Gasteiger partial charge in [0.1, 0.15) is 0 Å². The molecule has 1 heteroatoms. The Bertz CT molecular complexity index is 137. The zero-order chi connectivity index (χ0) is 10.1. The Morgan fingerprint density at radius 2 is 1.23 bits per heavy atom. The number of hydrogen-bond acceptors (Lipinski definition) is 1. The van der Waals surface area contributed by atoms with Crippen molar-refractivity contribution in [1.29, 1.82) is 0 Å². The molecule has 0 radical (unpaired) electrons. The van der Waals surface area contributed by atoms with Crippen molar-refractivity contribution in [3.8, 4) is 0 Å². The molecule has 0 aliphatic carbocycles. The third-order valence-corrected chi connectivity index (χ3v) is 1.56. The summed E-state index contributed by atoms with van der Waals surface area (Å²) in [6.07, 6.45) is 9.80. The van der Waals surface area contributed by atoms with Gasteiger partial charge in [-0.3, -0.25) is 0 Å². The van der Waals surface area contributed by atoms with Gasteiger partial charge in [-0.15, -0.1) is 0 Å². The maximum absolute atomic E-state index is 5.17. The van der Waals surface area contributed by atoms with E-state index in [9.17, 15) is 0 Å². The summed E-state index contributed by atoms with van der Waals surface area (Å²) in [6, 6.07) is 0. The fourth-order valence-corrected chi connectivity index (χ4v) is 0.812. The van der Waals surface area contributed by atoms with Crippen molar-refractivity contribution < 1.29 is 4.74 Å². The van der Waals surface area contributed by atoms with Crippen LogP contribution in [0.4, 0.5) is 0 Å². The molecule has 0 aromatic heterocycles. The molecule has 0 aliphatic heterocycles. The van der Waals surface area contributed by atoms with Gasteiger partial charge in [0.2, 0.25) is 0 Å². The van der Waals surface area contributed by atoms with Crippen LogP contribution in [0.25, 0.3) is 0 Å².